The zero-order valence-corrected chi connectivity index (χ0v) is 16.8. The molecular weight excluding hydrogens is 374 g/mol. The number of amides is 1. The summed E-state index contributed by atoms with van der Waals surface area (Å²) in [5, 5.41) is 2.88. The minimum Gasteiger partial charge on any atom is -0.493 e. The zero-order valence-electron chi connectivity index (χ0n) is 16.8. The van der Waals surface area contributed by atoms with Crippen LogP contribution in [0.15, 0.2) is 21.7 Å². The average molecular weight is 399 g/mol. The standard InChI is InChI=1S/C20H25N5O4/c1-11(2)21-16(26)7-5-4-6-8-29-15-10-14-13(9-12(15)3)22-17-18(23-14)24-20(28)25-19(17)27/h9-11H,4-8H2,1-3H3,(H,21,26)(H2,23,24,25,27,28). The van der Waals surface area contributed by atoms with Gasteiger partial charge in [0.25, 0.3) is 5.56 Å². The molecule has 2 aromatic heterocycles. The highest BCUT2D eigenvalue weighted by Crippen LogP contribution is 2.24. The summed E-state index contributed by atoms with van der Waals surface area (Å²) in [4.78, 5) is 48.2. The summed E-state index contributed by atoms with van der Waals surface area (Å²) in [5.74, 6) is 0.754. The maximum atomic E-state index is 11.9. The number of H-pyrrole nitrogens is 2. The Hall–Kier alpha value is -3.23. The number of aromatic nitrogens is 4. The van der Waals surface area contributed by atoms with Crippen LogP contribution in [0.3, 0.4) is 0 Å². The van der Waals surface area contributed by atoms with E-state index in [-0.39, 0.29) is 23.1 Å². The quantitative estimate of drug-likeness (QED) is 0.392. The van der Waals surface area contributed by atoms with Gasteiger partial charge in [-0.15, -0.1) is 0 Å². The highest BCUT2D eigenvalue weighted by molar-refractivity contribution is 5.85. The highest BCUT2D eigenvalue weighted by Gasteiger charge is 2.10. The summed E-state index contributed by atoms with van der Waals surface area (Å²) < 4.78 is 5.87. The molecule has 1 aromatic carbocycles. The molecule has 0 aliphatic heterocycles. The lowest BCUT2D eigenvalue weighted by molar-refractivity contribution is -0.121. The molecule has 0 spiro atoms. The number of ether oxygens (including phenoxy) is 1. The van der Waals surface area contributed by atoms with Gasteiger partial charge in [-0.25, -0.2) is 14.8 Å². The van der Waals surface area contributed by atoms with Gasteiger partial charge in [0, 0.05) is 18.5 Å². The number of nitrogens with one attached hydrogen (secondary N) is 3. The Morgan fingerprint density at radius 3 is 2.62 bits per heavy atom. The smallest absolute Gasteiger partial charge is 0.327 e. The molecule has 9 nitrogen and oxygen atoms in total. The van der Waals surface area contributed by atoms with Crippen molar-refractivity contribution in [1.29, 1.82) is 0 Å². The number of aryl methyl sites for hydroxylation is 1. The number of unbranched alkanes of at least 4 members (excludes halogenated alkanes) is 2. The van der Waals surface area contributed by atoms with Crippen LogP contribution in [0.2, 0.25) is 0 Å². The van der Waals surface area contributed by atoms with E-state index in [4.69, 9.17) is 4.74 Å². The third-order valence-electron chi connectivity index (χ3n) is 4.39. The first kappa shape index (κ1) is 20.5. The van der Waals surface area contributed by atoms with Gasteiger partial charge in [-0.3, -0.25) is 19.6 Å². The normalized spacial score (nSPS) is 11.3. The molecule has 0 fully saturated rings. The summed E-state index contributed by atoms with van der Waals surface area (Å²) in [7, 11) is 0. The third kappa shape index (κ3) is 5.18. The van der Waals surface area contributed by atoms with Crippen LogP contribution in [0, 0.1) is 6.92 Å². The Morgan fingerprint density at radius 2 is 1.86 bits per heavy atom. The predicted octanol–water partition coefficient (Wildman–Crippen LogP) is 1.93. The molecule has 154 valence electrons. The van der Waals surface area contributed by atoms with Crippen LogP contribution in [0.4, 0.5) is 0 Å². The van der Waals surface area contributed by atoms with Crippen molar-refractivity contribution in [2.75, 3.05) is 6.61 Å². The van der Waals surface area contributed by atoms with E-state index in [2.05, 4.69) is 25.3 Å². The number of benzene rings is 1. The van der Waals surface area contributed by atoms with Gasteiger partial charge < -0.3 is 10.1 Å². The van der Waals surface area contributed by atoms with Crippen LogP contribution in [0.25, 0.3) is 22.2 Å². The average Bonchev–Trinajstić information content (AvgIpc) is 2.63. The number of nitrogens with zero attached hydrogens (tertiary/aromatic N) is 2. The van der Waals surface area contributed by atoms with Gasteiger partial charge in [-0.05, 0) is 51.7 Å². The predicted molar refractivity (Wildman–Crippen MR) is 110 cm³/mol. The van der Waals surface area contributed by atoms with Crippen LogP contribution in [-0.4, -0.2) is 38.5 Å². The number of rotatable bonds is 8. The first-order chi connectivity index (χ1) is 13.8. The molecule has 0 unspecified atom stereocenters. The van der Waals surface area contributed by atoms with Gasteiger partial charge in [0.05, 0.1) is 17.6 Å². The van der Waals surface area contributed by atoms with E-state index in [0.717, 1.165) is 24.8 Å². The van der Waals surface area contributed by atoms with Crippen LogP contribution in [-0.2, 0) is 4.79 Å². The van der Waals surface area contributed by atoms with Crippen molar-refractivity contribution in [3.63, 3.8) is 0 Å². The number of hydrogen-bond donors (Lipinski definition) is 3. The molecule has 3 rings (SSSR count). The molecule has 0 saturated heterocycles. The van der Waals surface area contributed by atoms with Crippen molar-refractivity contribution < 1.29 is 9.53 Å². The van der Waals surface area contributed by atoms with E-state index < -0.39 is 11.2 Å². The molecule has 0 aliphatic rings. The van der Waals surface area contributed by atoms with Crippen molar-refractivity contribution in [3.05, 3.63) is 38.5 Å². The van der Waals surface area contributed by atoms with E-state index in [0.29, 0.717) is 29.8 Å². The van der Waals surface area contributed by atoms with Crippen molar-refractivity contribution in [3.8, 4) is 5.75 Å². The Labute approximate surface area is 166 Å². The van der Waals surface area contributed by atoms with E-state index >= 15 is 0 Å². The van der Waals surface area contributed by atoms with Crippen LogP contribution in [0.5, 0.6) is 5.75 Å². The molecule has 9 heteroatoms. The van der Waals surface area contributed by atoms with Crippen LogP contribution in [0.1, 0.15) is 45.1 Å². The highest BCUT2D eigenvalue weighted by atomic mass is 16.5. The molecule has 0 bridgehead atoms. The van der Waals surface area contributed by atoms with E-state index in [1.54, 1.807) is 12.1 Å². The van der Waals surface area contributed by atoms with Gasteiger partial charge in [-0.1, -0.05) is 0 Å². The lowest BCUT2D eigenvalue weighted by Crippen LogP contribution is -2.29. The van der Waals surface area contributed by atoms with Gasteiger partial charge in [0.2, 0.25) is 5.91 Å². The van der Waals surface area contributed by atoms with Crippen molar-refractivity contribution in [1.82, 2.24) is 25.3 Å². The summed E-state index contributed by atoms with van der Waals surface area (Å²) in [6.45, 7) is 6.31. The second kappa shape index (κ2) is 8.85. The van der Waals surface area contributed by atoms with Gasteiger partial charge >= 0.3 is 5.69 Å². The Bertz CT molecular complexity index is 1150. The Balaban J connectivity index is 1.63. The number of hydrogen-bond acceptors (Lipinski definition) is 6. The fraction of sp³-hybridized carbons (Fsp3) is 0.450. The Morgan fingerprint density at radius 1 is 1.10 bits per heavy atom. The van der Waals surface area contributed by atoms with Gasteiger partial charge in [0.15, 0.2) is 11.2 Å². The molecule has 0 atom stereocenters. The van der Waals surface area contributed by atoms with E-state index in [1.807, 2.05) is 20.8 Å². The molecule has 29 heavy (non-hydrogen) atoms. The van der Waals surface area contributed by atoms with E-state index in [9.17, 15) is 14.4 Å². The summed E-state index contributed by atoms with van der Waals surface area (Å²) in [5.41, 5.74) is 0.997. The monoisotopic (exact) mass is 399 g/mol. The number of aromatic amines is 2. The fourth-order valence-corrected chi connectivity index (χ4v) is 3.03. The maximum Gasteiger partial charge on any atom is 0.327 e. The first-order valence-corrected chi connectivity index (χ1v) is 9.70. The molecule has 3 aromatic rings. The van der Waals surface area contributed by atoms with Gasteiger partial charge in [-0.2, -0.15) is 0 Å². The van der Waals surface area contributed by atoms with Gasteiger partial charge in [0.1, 0.15) is 5.75 Å². The summed E-state index contributed by atoms with van der Waals surface area (Å²) in [6.07, 6.45) is 3.07. The van der Waals surface area contributed by atoms with Crippen molar-refractivity contribution >= 4 is 28.1 Å². The van der Waals surface area contributed by atoms with E-state index in [1.165, 1.54) is 0 Å². The molecule has 0 radical (unpaired) electrons. The second-order valence-electron chi connectivity index (χ2n) is 7.32. The minimum atomic E-state index is -0.623. The van der Waals surface area contributed by atoms with Crippen molar-refractivity contribution in [2.45, 2.75) is 52.5 Å². The summed E-state index contributed by atoms with van der Waals surface area (Å²) in [6, 6.07) is 3.73. The van der Waals surface area contributed by atoms with Crippen LogP contribution >= 0.6 is 0 Å². The number of fused-ring (bicyclic) bond motifs is 2. The SMILES string of the molecule is Cc1cc2nc3c(=O)[nH]c(=O)[nH]c3nc2cc1OCCCCCC(=O)NC(C)C. The third-order valence-corrected chi connectivity index (χ3v) is 4.39. The fourth-order valence-electron chi connectivity index (χ4n) is 3.03. The topological polar surface area (TPSA) is 130 Å². The molecule has 2 heterocycles. The summed E-state index contributed by atoms with van der Waals surface area (Å²) >= 11 is 0. The zero-order chi connectivity index (χ0) is 21.0. The largest absolute Gasteiger partial charge is 0.493 e. The first-order valence-electron chi connectivity index (χ1n) is 9.70. The lowest BCUT2D eigenvalue weighted by Gasteiger charge is -2.11. The number of carbonyl (C=O) groups excluding carboxylic acids is 1. The Kier molecular flexibility index (Phi) is 6.26. The molecular formula is C20H25N5O4. The molecule has 0 saturated carbocycles. The molecule has 3 N–H and O–H groups in total. The van der Waals surface area contributed by atoms with Crippen LogP contribution < -0.4 is 21.3 Å². The van der Waals surface area contributed by atoms with Crippen molar-refractivity contribution in [2.24, 2.45) is 0 Å². The second-order valence-corrected chi connectivity index (χ2v) is 7.32. The lowest BCUT2D eigenvalue weighted by atomic mass is 10.1. The maximum absolute atomic E-state index is 11.9. The minimum absolute atomic E-state index is 0.0778. The molecule has 0 aliphatic carbocycles. The number of carbonyl (C=O) groups is 1. The molecule has 1 amide bonds.